The van der Waals surface area contributed by atoms with Crippen molar-refractivity contribution in [1.82, 2.24) is 20.5 Å². The Kier molecular flexibility index (Phi) is 7.11. The van der Waals surface area contributed by atoms with Gasteiger partial charge in [-0.15, -0.1) is 24.0 Å². The third-order valence-electron chi connectivity index (χ3n) is 7.33. The van der Waals surface area contributed by atoms with Crippen LogP contribution in [0.25, 0.3) is 10.9 Å². The van der Waals surface area contributed by atoms with Crippen molar-refractivity contribution in [2.75, 3.05) is 26.7 Å². The van der Waals surface area contributed by atoms with Gasteiger partial charge in [-0.2, -0.15) is 0 Å². The molecule has 4 atom stereocenters. The van der Waals surface area contributed by atoms with Gasteiger partial charge in [0.2, 0.25) is 11.8 Å². The number of allylic oxidation sites excluding steroid dienone is 2. The molecule has 7 nitrogen and oxygen atoms in total. The second kappa shape index (κ2) is 9.87. The van der Waals surface area contributed by atoms with Crippen LogP contribution < -0.4 is 10.6 Å². The Morgan fingerprint density at radius 1 is 1.09 bits per heavy atom. The van der Waals surface area contributed by atoms with Gasteiger partial charge in [0.1, 0.15) is 0 Å². The highest BCUT2D eigenvalue weighted by Crippen LogP contribution is 2.52. The van der Waals surface area contributed by atoms with E-state index in [9.17, 15) is 9.59 Å². The number of aromatic amines is 1. The number of H-pyrrole nitrogens is 1. The van der Waals surface area contributed by atoms with Gasteiger partial charge in [0, 0.05) is 43.3 Å². The molecular weight excluding hydrogens is 529 g/mol. The molecule has 0 radical (unpaired) electrons. The number of likely N-dealkylation sites (tertiary alicyclic amines) is 1. The molecule has 4 unspecified atom stereocenters. The Hall–Kier alpha value is -2.36. The predicted molar refractivity (Wildman–Crippen MR) is 141 cm³/mol. The first-order chi connectivity index (χ1) is 15.6. The second-order valence-corrected chi connectivity index (χ2v) is 9.13. The van der Waals surface area contributed by atoms with E-state index in [-0.39, 0.29) is 59.5 Å². The van der Waals surface area contributed by atoms with E-state index in [2.05, 4.69) is 57.9 Å². The molecule has 2 fully saturated rings. The fourth-order valence-corrected chi connectivity index (χ4v) is 5.81. The maximum atomic E-state index is 12.8. The average molecular weight is 561 g/mol. The molecule has 0 spiro atoms. The molecule has 2 heterocycles. The zero-order valence-electron chi connectivity index (χ0n) is 19.1. The highest BCUT2D eigenvalue weighted by Gasteiger charge is 2.58. The van der Waals surface area contributed by atoms with Crippen LogP contribution >= 0.6 is 24.0 Å². The van der Waals surface area contributed by atoms with Gasteiger partial charge in [-0.05, 0) is 49.7 Å². The number of guanidine groups is 1. The molecule has 5 rings (SSSR count). The average Bonchev–Trinajstić information content (AvgIpc) is 3.54. The summed E-state index contributed by atoms with van der Waals surface area (Å²) in [6, 6.07) is 8.36. The molecule has 33 heavy (non-hydrogen) atoms. The van der Waals surface area contributed by atoms with Crippen LogP contribution in [0.4, 0.5) is 0 Å². The topological polar surface area (TPSA) is 89.6 Å². The van der Waals surface area contributed by atoms with Crippen molar-refractivity contribution >= 4 is 52.7 Å². The van der Waals surface area contributed by atoms with Crippen molar-refractivity contribution in [3.05, 3.63) is 47.7 Å². The molecule has 8 heteroatoms. The summed E-state index contributed by atoms with van der Waals surface area (Å²) >= 11 is 0. The smallest absolute Gasteiger partial charge is 0.233 e. The molecule has 2 aromatic rings. The number of carbonyl (C=O) groups is 2. The van der Waals surface area contributed by atoms with Crippen LogP contribution in [0.1, 0.15) is 24.1 Å². The second-order valence-electron chi connectivity index (χ2n) is 9.13. The number of imide groups is 1. The third kappa shape index (κ3) is 4.29. The minimum atomic E-state index is -0.104. The number of rotatable bonds is 7. The van der Waals surface area contributed by atoms with Crippen LogP contribution in [-0.2, 0) is 16.0 Å². The zero-order chi connectivity index (χ0) is 22.2. The van der Waals surface area contributed by atoms with Crippen molar-refractivity contribution in [2.24, 2.45) is 28.7 Å². The van der Waals surface area contributed by atoms with Gasteiger partial charge in [0.25, 0.3) is 0 Å². The van der Waals surface area contributed by atoms with E-state index in [1.807, 2.05) is 6.07 Å². The van der Waals surface area contributed by atoms with Crippen molar-refractivity contribution in [2.45, 2.75) is 26.2 Å². The van der Waals surface area contributed by atoms with Crippen LogP contribution in [0, 0.1) is 30.6 Å². The quantitative estimate of drug-likeness (QED) is 0.121. The molecule has 1 saturated heterocycles. The van der Waals surface area contributed by atoms with E-state index >= 15 is 0 Å². The number of aliphatic imine (C=N–C) groups is 1. The van der Waals surface area contributed by atoms with Gasteiger partial charge in [-0.1, -0.05) is 30.4 Å². The molecule has 3 aliphatic rings. The first-order valence-electron chi connectivity index (χ1n) is 11.6. The van der Waals surface area contributed by atoms with E-state index in [4.69, 9.17) is 0 Å². The van der Waals surface area contributed by atoms with Gasteiger partial charge in [-0.3, -0.25) is 19.5 Å². The first-order valence-corrected chi connectivity index (χ1v) is 11.6. The van der Waals surface area contributed by atoms with Crippen LogP contribution in [0.15, 0.2) is 41.4 Å². The summed E-state index contributed by atoms with van der Waals surface area (Å²) in [7, 11) is 1.75. The number of para-hydroxylation sites is 1. The molecule has 3 N–H and O–H groups in total. The molecule has 2 amide bonds. The number of nitrogens with zero attached hydrogens (tertiary/aromatic N) is 2. The first kappa shape index (κ1) is 23.8. The fraction of sp³-hybridized carbons (Fsp3) is 0.480. The number of aryl methyl sites for hydroxylation is 1. The molecule has 2 bridgehead atoms. The molecular formula is C25H32IN5O2. The lowest BCUT2D eigenvalue weighted by atomic mass is 9.85. The lowest BCUT2D eigenvalue weighted by Crippen LogP contribution is -2.40. The van der Waals surface area contributed by atoms with Crippen LogP contribution in [-0.4, -0.2) is 54.3 Å². The normalized spacial score (nSPS) is 25.6. The molecule has 2 aliphatic carbocycles. The van der Waals surface area contributed by atoms with E-state index in [0.29, 0.717) is 19.5 Å². The van der Waals surface area contributed by atoms with E-state index in [0.717, 1.165) is 25.3 Å². The highest BCUT2D eigenvalue weighted by atomic mass is 127. The van der Waals surface area contributed by atoms with Crippen molar-refractivity contribution < 1.29 is 9.59 Å². The number of hydrogen-bond donors (Lipinski definition) is 3. The maximum absolute atomic E-state index is 12.8. The van der Waals surface area contributed by atoms with E-state index in [1.165, 1.54) is 27.1 Å². The Balaban J connectivity index is 0.00000259. The van der Waals surface area contributed by atoms with Gasteiger partial charge < -0.3 is 15.6 Å². The summed E-state index contributed by atoms with van der Waals surface area (Å²) in [6.07, 6.45) is 6.85. The van der Waals surface area contributed by atoms with Gasteiger partial charge >= 0.3 is 0 Å². The number of carbonyl (C=O) groups excluding carboxylic acids is 2. The SMILES string of the molecule is CN=C(NCCCN1C(=O)C2C3C=CC(C3)C2C1=O)NCCc1c(C)[nH]c2ccccc12.I. The van der Waals surface area contributed by atoms with Gasteiger partial charge in [-0.25, -0.2) is 0 Å². The molecule has 176 valence electrons. The number of amides is 2. The number of benzene rings is 1. The number of hydrogen-bond acceptors (Lipinski definition) is 3. The predicted octanol–water partition coefficient (Wildman–Crippen LogP) is 3.00. The van der Waals surface area contributed by atoms with Crippen molar-refractivity contribution in [1.29, 1.82) is 0 Å². The molecule has 1 aromatic carbocycles. The standard InChI is InChI=1S/C25H31N5O2.HI/c1-15-18(19-6-3-4-7-20(19)29-15)10-12-28-25(26-2)27-11-5-13-30-23(31)21-16-8-9-17(14-16)22(21)24(30)32;/h3-4,6-9,16-17,21-22,29H,5,10-14H2,1-2H3,(H2,26,27,28);1H. The molecule has 1 saturated carbocycles. The largest absolute Gasteiger partial charge is 0.358 e. The molecule has 1 aromatic heterocycles. The Morgan fingerprint density at radius 2 is 1.76 bits per heavy atom. The number of fused-ring (bicyclic) bond motifs is 6. The number of nitrogens with one attached hydrogen (secondary N) is 3. The Labute approximate surface area is 211 Å². The summed E-state index contributed by atoms with van der Waals surface area (Å²) in [5.74, 6) is 1.14. The Bertz CT molecular complexity index is 1080. The number of aromatic nitrogens is 1. The summed E-state index contributed by atoms with van der Waals surface area (Å²) < 4.78 is 0. The maximum Gasteiger partial charge on any atom is 0.233 e. The van der Waals surface area contributed by atoms with Crippen LogP contribution in [0.2, 0.25) is 0 Å². The molecule has 1 aliphatic heterocycles. The Morgan fingerprint density at radius 3 is 2.45 bits per heavy atom. The van der Waals surface area contributed by atoms with Gasteiger partial charge in [0.15, 0.2) is 5.96 Å². The number of halogens is 1. The summed E-state index contributed by atoms with van der Waals surface area (Å²) in [5.41, 5.74) is 3.69. The van der Waals surface area contributed by atoms with Crippen molar-refractivity contribution in [3.8, 4) is 0 Å². The summed E-state index contributed by atoms with van der Waals surface area (Å²) in [6.45, 7) is 4.01. The lowest BCUT2D eigenvalue weighted by molar-refractivity contribution is -0.140. The fourth-order valence-electron chi connectivity index (χ4n) is 5.81. The zero-order valence-corrected chi connectivity index (χ0v) is 21.5. The third-order valence-corrected chi connectivity index (χ3v) is 7.33. The van der Waals surface area contributed by atoms with E-state index < -0.39 is 0 Å². The lowest BCUT2D eigenvalue weighted by Gasteiger charge is -2.18. The van der Waals surface area contributed by atoms with Crippen LogP contribution in [0.5, 0.6) is 0 Å². The minimum absolute atomic E-state index is 0. The van der Waals surface area contributed by atoms with E-state index in [1.54, 1.807) is 7.05 Å². The van der Waals surface area contributed by atoms with Crippen molar-refractivity contribution in [3.63, 3.8) is 0 Å². The minimum Gasteiger partial charge on any atom is -0.358 e. The van der Waals surface area contributed by atoms with Crippen LogP contribution in [0.3, 0.4) is 0 Å². The summed E-state index contributed by atoms with van der Waals surface area (Å²) in [5, 5.41) is 7.94. The van der Waals surface area contributed by atoms with Gasteiger partial charge in [0.05, 0.1) is 11.8 Å². The highest BCUT2D eigenvalue weighted by molar-refractivity contribution is 14.0. The monoisotopic (exact) mass is 561 g/mol. The summed E-state index contributed by atoms with van der Waals surface area (Å²) in [4.78, 5) is 34.8.